The standard InChI is InChI=1S/C22H25FN2O2/c1-27-21-7-2-4-15(10-21)14-25-19-8-9-20(25)13-18(12-19)24-22(26)16-5-3-6-17(23)11-16/h2-7,10-11,18-20H,8-9,12-14H2,1H3,(H,24,26). The van der Waals surface area contributed by atoms with E-state index in [-0.39, 0.29) is 17.8 Å². The number of nitrogens with one attached hydrogen (secondary N) is 1. The number of nitrogens with zero attached hydrogens (tertiary/aromatic N) is 1. The molecule has 2 fully saturated rings. The minimum atomic E-state index is -0.379. The summed E-state index contributed by atoms with van der Waals surface area (Å²) in [5.41, 5.74) is 1.65. The van der Waals surface area contributed by atoms with Crippen LogP contribution >= 0.6 is 0 Å². The van der Waals surface area contributed by atoms with E-state index < -0.39 is 0 Å². The van der Waals surface area contributed by atoms with Crippen molar-refractivity contribution < 1.29 is 13.9 Å². The highest BCUT2D eigenvalue weighted by Crippen LogP contribution is 2.37. The zero-order valence-corrected chi connectivity index (χ0v) is 15.5. The van der Waals surface area contributed by atoms with E-state index in [2.05, 4.69) is 22.3 Å². The largest absolute Gasteiger partial charge is 0.497 e. The number of halogens is 1. The smallest absolute Gasteiger partial charge is 0.251 e. The second kappa shape index (κ2) is 7.69. The van der Waals surface area contributed by atoms with E-state index in [1.165, 1.54) is 30.5 Å². The average Bonchev–Trinajstić information content (AvgIpc) is 2.90. The lowest BCUT2D eigenvalue weighted by molar-refractivity contribution is 0.0827. The molecule has 0 radical (unpaired) electrons. The Bertz CT molecular complexity index is 811. The highest BCUT2D eigenvalue weighted by atomic mass is 19.1. The Morgan fingerprint density at radius 1 is 1.15 bits per heavy atom. The second-order valence-electron chi connectivity index (χ2n) is 7.56. The summed E-state index contributed by atoms with van der Waals surface area (Å²) in [4.78, 5) is 15.0. The molecule has 2 unspecified atom stereocenters. The number of rotatable bonds is 5. The second-order valence-corrected chi connectivity index (χ2v) is 7.56. The number of ether oxygens (including phenoxy) is 1. The fourth-order valence-corrected chi connectivity index (χ4v) is 4.53. The summed E-state index contributed by atoms with van der Waals surface area (Å²) in [5, 5.41) is 3.11. The van der Waals surface area contributed by atoms with Crippen LogP contribution in [-0.4, -0.2) is 36.0 Å². The Morgan fingerprint density at radius 2 is 1.89 bits per heavy atom. The van der Waals surface area contributed by atoms with Gasteiger partial charge in [0.25, 0.3) is 5.91 Å². The van der Waals surface area contributed by atoms with Gasteiger partial charge in [0.15, 0.2) is 0 Å². The Hall–Kier alpha value is -2.40. The Labute approximate surface area is 159 Å². The molecule has 5 heteroatoms. The first-order valence-electron chi connectivity index (χ1n) is 9.57. The molecule has 2 aromatic rings. The van der Waals surface area contributed by atoms with E-state index in [0.717, 1.165) is 25.1 Å². The molecule has 4 nitrogen and oxygen atoms in total. The van der Waals surface area contributed by atoms with Gasteiger partial charge in [0.1, 0.15) is 11.6 Å². The third kappa shape index (κ3) is 3.98. The van der Waals surface area contributed by atoms with Gasteiger partial charge < -0.3 is 10.1 Å². The maximum Gasteiger partial charge on any atom is 0.251 e. The molecule has 0 aliphatic carbocycles. The molecular formula is C22H25FN2O2. The van der Waals surface area contributed by atoms with Crippen molar-refractivity contribution in [3.05, 3.63) is 65.5 Å². The van der Waals surface area contributed by atoms with Gasteiger partial charge in [-0.25, -0.2) is 4.39 Å². The summed E-state index contributed by atoms with van der Waals surface area (Å²) < 4.78 is 18.7. The first-order chi connectivity index (χ1) is 13.1. The molecule has 2 heterocycles. The molecule has 0 aromatic heterocycles. The van der Waals surface area contributed by atoms with Gasteiger partial charge in [-0.1, -0.05) is 18.2 Å². The van der Waals surface area contributed by atoms with Crippen LogP contribution in [0.4, 0.5) is 4.39 Å². The predicted molar refractivity (Wildman–Crippen MR) is 102 cm³/mol. The summed E-state index contributed by atoms with van der Waals surface area (Å²) in [6.45, 7) is 0.914. The van der Waals surface area contributed by atoms with Gasteiger partial charge in [-0.3, -0.25) is 9.69 Å². The zero-order chi connectivity index (χ0) is 18.8. The van der Waals surface area contributed by atoms with Gasteiger partial charge in [-0.15, -0.1) is 0 Å². The lowest BCUT2D eigenvalue weighted by atomic mass is 9.96. The SMILES string of the molecule is COc1cccc(CN2C3CCC2CC(NC(=O)c2cccc(F)c2)C3)c1. The Morgan fingerprint density at radius 3 is 2.59 bits per heavy atom. The first kappa shape index (κ1) is 18.0. The lowest BCUT2D eigenvalue weighted by Crippen LogP contribution is -2.50. The van der Waals surface area contributed by atoms with Crippen molar-refractivity contribution in [3.63, 3.8) is 0 Å². The van der Waals surface area contributed by atoms with E-state index in [4.69, 9.17) is 4.74 Å². The van der Waals surface area contributed by atoms with Crippen LogP contribution < -0.4 is 10.1 Å². The van der Waals surface area contributed by atoms with Crippen LogP contribution in [0.15, 0.2) is 48.5 Å². The summed E-state index contributed by atoms with van der Waals surface area (Å²) in [6.07, 6.45) is 4.23. The van der Waals surface area contributed by atoms with Gasteiger partial charge in [0.05, 0.1) is 7.11 Å². The van der Waals surface area contributed by atoms with Crippen molar-refractivity contribution in [2.75, 3.05) is 7.11 Å². The molecule has 0 spiro atoms. The number of amides is 1. The number of hydrogen-bond acceptors (Lipinski definition) is 3. The number of methoxy groups -OCH3 is 1. The fraction of sp³-hybridized carbons (Fsp3) is 0.409. The first-order valence-corrected chi connectivity index (χ1v) is 9.57. The van der Waals surface area contributed by atoms with Crippen LogP contribution in [-0.2, 0) is 6.54 Å². The summed E-state index contributed by atoms with van der Waals surface area (Å²) in [6, 6.07) is 15.2. The lowest BCUT2D eigenvalue weighted by Gasteiger charge is -2.39. The Kier molecular flexibility index (Phi) is 5.12. The fourth-order valence-electron chi connectivity index (χ4n) is 4.53. The van der Waals surface area contributed by atoms with E-state index in [0.29, 0.717) is 17.6 Å². The van der Waals surface area contributed by atoms with E-state index in [9.17, 15) is 9.18 Å². The van der Waals surface area contributed by atoms with Crippen LogP contribution in [0.25, 0.3) is 0 Å². The number of hydrogen-bond donors (Lipinski definition) is 1. The number of carbonyl (C=O) groups is 1. The zero-order valence-electron chi connectivity index (χ0n) is 15.5. The molecule has 2 atom stereocenters. The van der Waals surface area contributed by atoms with Crippen LogP contribution in [0.2, 0.25) is 0 Å². The van der Waals surface area contributed by atoms with Gasteiger partial charge in [0.2, 0.25) is 0 Å². The quantitative estimate of drug-likeness (QED) is 0.874. The molecule has 1 amide bonds. The van der Waals surface area contributed by atoms with Crippen LogP contribution in [0, 0.1) is 5.82 Å². The molecule has 1 N–H and O–H groups in total. The molecule has 2 aromatic carbocycles. The molecule has 4 rings (SSSR count). The van der Waals surface area contributed by atoms with Gasteiger partial charge in [-0.2, -0.15) is 0 Å². The highest BCUT2D eigenvalue weighted by molar-refractivity contribution is 5.94. The molecule has 27 heavy (non-hydrogen) atoms. The number of benzene rings is 2. The normalized spacial score (nSPS) is 24.6. The molecule has 2 bridgehead atoms. The Balaban J connectivity index is 1.39. The van der Waals surface area contributed by atoms with Crippen LogP contribution in [0.5, 0.6) is 5.75 Å². The van der Waals surface area contributed by atoms with Crippen molar-refractivity contribution in [1.82, 2.24) is 10.2 Å². The van der Waals surface area contributed by atoms with Crippen molar-refractivity contribution in [2.24, 2.45) is 0 Å². The molecule has 2 aliphatic heterocycles. The summed E-state index contributed by atoms with van der Waals surface area (Å²) in [5.74, 6) is 0.327. The third-order valence-electron chi connectivity index (χ3n) is 5.81. The number of piperidine rings is 1. The van der Waals surface area contributed by atoms with Gasteiger partial charge in [0, 0.05) is 30.2 Å². The molecule has 0 saturated carbocycles. The van der Waals surface area contributed by atoms with E-state index >= 15 is 0 Å². The minimum Gasteiger partial charge on any atom is -0.497 e. The summed E-state index contributed by atoms with van der Waals surface area (Å²) in [7, 11) is 1.69. The molecule has 142 valence electrons. The maximum absolute atomic E-state index is 13.4. The third-order valence-corrected chi connectivity index (χ3v) is 5.81. The van der Waals surface area contributed by atoms with Crippen LogP contribution in [0.1, 0.15) is 41.6 Å². The number of fused-ring (bicyclic) bond motifs is 2. The van der Waals surface area contributed by atoms with E-state index in [1.54, 1.807) is 19.2 Å². The maximum atomic E-state index is 13.4. The van der Waals surface area contributed by atoms with Crippen molar-refractivity contribution in [2.45, 2.75) is 50.4 Å². The monoisotopic (exact) mass is 368 g/mol. The highest BCUT2D eigenvalue weighted by Gasteiger charge is 2.40. The minimum absolute atomic E-state index is 0.153. The number of carbonyl (C=O) groups excluding carboxylic acids is 1. The van der Waals surface area contributed by atoms with Gasteiger partial charge in [-0.05, 0) is 61.6 Å². The average molecular weight is 368 g/mol. The molecule has 2 aliphatic rings. The molecular weight excluding hydrogens is 343 g/mol. The molecule has 2 saturated heterocycles. The van der Waals surface area contributed by atoms with Crippen molar-refractivity contribution in [1.29, 1.82) is 0 Å². The van der Waals surface area contributed by atoms with E-state index in [1.807, 2.05) is 12.1 Å². The summed E-state index contributed by atoms with van der Waals surface area (Å²) >= 11 is 0. The van der Waals surface area contributed by atoms with Crippen molar-refractivity contribution in [3.8, 4) is 5.75 Å². The predicted octanol–water partition coefficient (Wildman–Crippen LogP) is 3.76. The topological polar surface area (TPSA) is 41.6 Å². The van der Waals surface area contributed by atoms with Crippen LogP contribution in [0.3, 0.4) is 0 Å². The van der Waals surface area contributed by atoms with Crippen molar-refractivity contribution >= 4 is 5.91 Å². The van der Waals surface area contributed by atoms with Gasteiger partial charge >= 0.3 is 0 Å².